The van der Waals surface area contributed by atoms with Crippen LogP contribution in [0.15, 0.2) is 6.33 Å². The Kier molecular flexibility index (Phi) is 6.31. The third kappa shape index (κ3) is 4.22. The number of aromatic nitrogens is 2. The number of methoxy groups -OCH3 is 2. The average molecular weight is 269 g/mol. The summed E-state index contributed by atoms with van der Waals surface area (Å²) in [6, 6.07) is 0. The van der Waals surface area contributed by atoms with Crippen LogP contribution in [0.25, 0.3) is 0 Å². The fourth-order valence-corrected chi connectivity index (χ4v) is 1.81. The van der Waals surface area contributed by atoms with E-state index in [-0.39, 0.29) is 0 Å². The molecule has 0 amide bonds. The lowest BCUT2D eigenvalue weighted by Crippen LogP contribution is -2.32. The topological polar surface area (TPSA) is 85.5 Å². The van der Waals surface area contributed by atoms with E-state index in [4.69, 9.17) is 15.3 Å². The molecule has 0 aliphatic carbocycles. The van der Waals surface area contributed by atoms with E-state index in [2.05, 4.69) is 34.1 Å². The Morgan fingerprint density at radius 2 is 2.11 bits per heavy atom. The number of hydrogen-bond acceptors (Lipinski definition) is 7. The molecule has 1 aromatic heterocycles. The standard InChI is InChI=1S/C12H23N5O2/c1-9(2)7-17(5-6-18-3)12-10(19-4)11(16-13)14-8-15-12/h8-9H,5-7,13H2,1-4H3,(H,14,15,16). The number of anilines is 2. The van der Waals surface area contributed by atoms with Gasteiger partial charge in [0.15, 0.2) is 11.6 Å². The average Bonchev–Trinajstić information content (AvgIpc) is 2.41. The van der Waals surface area contributed by atoms with E-state index in [1.165, 1.54) is 6.33 Å². The van der Waals surface area contributed by atoms with Crippen LogP contribution in [0.3, 0.4) is 0 Å². The monoisotopic (exact) mass is 269 g/mol. The van der Waals surface area contributed by atoms with Crippen LogP contribution in [0.4, 0.5) is 11.6 Å². The summed E-state index contributed by atoms with van der Waals surface area (Å²) in [7, 11) is 3.25. The molecule has 19 heavy (non-hydrogen) atoms. The highest BCUT2D eigenvalue weighted by Gasteiger charge is 2.18. The van der Waals surface area contributed by atoms with Crippen molar-refractivity contribution in [1.82, 2.24) is 9.97 Å². The van der Waals surface area contributed by atoms with Crippen molar-refractivity contribution in [2.45, 2.75) is 13.8 Å². The SMILES string of the molecule is COCCN(CC(C)C)c1ncnc(NN)c1OC. The lowest BCUT2D eigenvalue weighted by Gasteiger charge is -2.27. The first-order valence-corrected chi connectivity index (χ1v) is 6.23. The van der Waals surface area contributed by atoms with Gasteiger partial charge in [0.25, 0.3) is 0 Å². The molecule has 7 nitrogen and oxygen atoms in total. The molecular weight excluding hydrogens is 246 g/mol. The van der Waals surface area contributed by atoms with Crippen molar-refractivity contribution in [2.75, 3.05) is 44.2 Å². The second-order valence-corrected chi connectivity index (χ2v) is 4.56. The molecule has 3 N–H and O–H groups in total. The second kappa shape index (κ2) is 7.75. The highest BCUT2D eigenvalue weighted by Crippen LogP contribution is 2.31. The Balaban J connectivity index is 3.05. The van der Waals surface area contributed by atoms with Crippen molar-refractivity contribution >= 4 is 11.6 Å². The number of nitrogens with two attached hydrogens (primary N) is 1. The summed E-state index contributed by atoms with van der Waals surface area (Å²) in [5, 5.41) is 0. The Morgan fingerprint density at radius 1 is 1.37 bits per heavy atom. The smallest absolute Gasteiger partial charge is 0.205 e. The van der Waals surface area contributed by atoms with Crippen molar-refractivity contribution in [3.63, 3.8) is 0 Å². The van der Waals surface area contributed by atoms with E-state index < -0.39 is 0 Å². The maximum Gasteiger partial charge on any atom is 0.205 e. The molecule has 0 unspecified atom stereocenters. The van der Waals surface area contributed by atoms with Crippen LogP contribution < -0.4 is 20.9 Å². The van der Waals surface area contributed by atoms with Gasteiger partial charge in [-0.1, -0.05) is 13.8 Å². The largest absolute Gasteiger partial charge is 0.490 e. The van der Waals surface area contributed by atoms with Gasteiger partial charge in [-0.15, -0.1) is 0 Å². The Morgan fingerprint density at radius 3 is 2.63 bits per heavy atom. The zero-order chi connectivity index (χ0) is 14.3. The van der Waals surface area contributed by atoms with Crippen molar-refractivity contribution in [2.24, 2.45) is 11.8 Å². The predicted octanol–water partition coefficient (Wildman–Crippen LogP) is 0.880. The van der Waals surface area contributed by atoms with E-state index >= 15 is 0 Å². The van der Waals surface area contributed by atoms with Gasteiger partial charge in [0.1, 0.15) is 6.33 Å². The molecule has 0 atom stereocenters. The number of hydrogen-bond donors (Lipinski definition) is 2. The molecule has 1 heterocycles. The van der Waals surface area contributed by atoms with Crippen molar-refractivity contribution in [3.05, 3.63) is 6.33 Å². The summed E-state index contributed by atoms with van der Waals surface area (Å²) in [5.41, 5.74) is 2.52. The first-order valence-electron chi connectivity index (χ1n) is 6.23. The molecule has 0 saturated heterocycles. The first kappa shape index (κ1) is 15.5. The molecule has 0 radical (unpaired) electrons. The van der Waals surface area contributed by atoms with Gasteiger partial charge in [0.2, 0.25) is 5.75 Å². The van der Waals surface area contributed by atoms with Gasteiger partial charge in [-0.25, -0.2) is 15.8 Å². The molecule has 0 saturated carbocycles. The second-order valence-electron chi connectivity index (χ2n) is 4.56. The normalized spacial score (nSPS) is 10.6. The molecule has 1 rings (SSSR count). The summed E-state index contributed by atoms with van der Waals surface area (Å²) >= 11 is 0. The molecule has 1 aromatic rings. The molecule has 0 bridgehead atoms. The third-order valence-electron chi connectivity index (χ3n) is 2.58. The number of hydrazine groups is 1. The van der Waals surface area contributed by atoms with Crippen LogP contribution in [-0.4, -0.2) is 43.9 Å². The molecule has 0 aliphatic rings. The summed E-state index contributed by atoms with van der Waals surface area (Å²) in [6.45, 7) is 6.49. The van der Waals surface area contributed by atoms with Gasteiger partial charge in [0, 0.05) is 20.2 Å². The first-order chi connectivity index (χ1) is 9.13. The van der Waals surface area contributed by atoms with Crippen LogP contribution in [0.1, 0.15) is 13.8 Å². The number of nitrogen functional groups attached to an aromatic ring is 1. The zero-order valence-corrected chi connectivity index (χ0v) is 12.0. The van der Waals surface area contributed by atoms with Gasteiger partial charge in [-0.2, -0.15) is 0 Å². The van der Waals surface area contributed by atoms with Crippen molar-refractivity contribution in [1.29, 1.82) is 0 Å². The van der Waals surface area contributed by atoms with Gasteiger partial charge < -0.3 is 19.8 Å². The van der Waals surface area contributed by atoms with Gasteiger partial charge in [-0.3, -0.25) is 0 Å². The molecule has 0 fully saturated rings. The number of nitrogens with zero attached hydrogens (tertiary/aromatic N) is 3. The summed E-state index contributed by atoms with van der Waals surface area (Å²) < 4.78 is 10.5. The van der Waals surface area contributed by atoms with Crippen LogP contribution in [0.2, 0.25) is 0 Å². The van der Waals surface area contributed by atoms with E-state index in [0.717, 1.165) is 18.9 Å². The van der Waals surface area contributed by atoms with Crippen molar-refractivity contribution in [3.8, 4) is 5.75 Å². The van der Waals surface area contributed by atoms with Crippen LogP contribution in [0.5, 0.6) is 5.75 Å². The third-order valence-corrected chi connectivity index (χ3v) is 2.58. The zero-order valence-electron chi connectivity index (χ0n) is 12.0. The van der Waals surface area contributed by atoms with Crippen LogP contribution in [0, 0.1) is 5.92 Å². The fraction of sp³-hybridized carbons (Fsp3) is 0.667. The summed E-state index contributed by atoms with van der Waals surface area (Å²) in [5.74, 6) is 7.66. The highest BCUT2D eigenvalue weighted by molar-refractivity contribution is 5.64. The predicted molar refractivity (Wildman–Crippen MR) is 75.3 cm³/mol. The highest BCUT2D eigenvalue weighted by atomic mass is 16.5. The molecule has 108 valence electrons. The minimum Gasteiger partial charge on any atom is -0.490 e. The lowest BCUT2D eigenvalue weighted by atomic mass is 10.2. The Hall–Kier alpha value is -1.60. The number of nitrogens with one attached hydrogen (secondary N) is 1. The summed E-state index contributed by atoms with van der Waals surface area (Å²) in [6.07, 6.45) is 1.47. The molecule has 0 aliphatic heterocycles. The summed E-state index contributed by atoms with van der Waals surface area (Å²) in [4.78, 5) is 10.5. The minimum absolute atomic E-state index is 0.471. The van der Waals surface area contributed by atoms with E-state index in [1.807, 2.05) is 0 Å². The van der Waals surface area contributed by atoms with Crippen molar-refractivity contribution < 1.29 is 9.47 Å². The van der Waals surface area contributed by atoms with Crippen LogP contribution in [-0.2, 0) is 4.74 Å². The lowest BCUT2D eigenvalue weighted by molar-refractivity contribution is 0.204. The molecule has 0 aromatic carbocycles. The Labute approximate surface area is 114 Å². The van der Waals surface area contributed by atoms with Gasteiger partial charge >= 0.3 is 0 Å². The van der Waals surface area contributed by atoms with E-state index in [1.54, 1.807) is 14.2 Å². The van der Waals surface area contributed by atoms with Gasteiger partial charge in [-0.05, 0) is 5.92 Å². The maximum atomic E-state index is 5.43. The molecule has 0 spiro atoms. The number of rotatable bonds is 8. The molecule has 7 heteroatoms. The van der Waals surface area contributed by atoms with Crippen LogP contribution >= 0.6 is 0 Å². The van der Waals surface area contributed by atoms with Gasteiger partial charge in [0.05, 0.1) is 13.7 Å². The van der Waals surface area contributed by atoms with E-state index in [0.29, 0.717) is 24.1 Å². The fourth-order valence-electron chi connectivity index (χ4n) is 1.81. The Bertz CT molecular complexity index is 386. The molecular formula is C12H23N5O2. The van der Waals surface area contributed by atoms with E-state index in [9.17, 15) is 0 Å². The quantitative estimate of drug-likeness (QED) is 0.535. The maximum absolute atomic E-state index is 5.43. The number of ether oxygens (including phenoxy) is 2. The minimum atomic E-state index is 0.471.